The second-order valence-electron chi connectivity index (χ2n) is 21.7. The zero-order valence-corrected chi connectivity index (χ0v) is 48.2. The first-order valence-corrected chi connectivity index (χ1v) is 31.9. The van der Waals surface area contributed by atoms with Crippen LogP contribution in [0, 0.1) is 0 Å². The molecule has 3 N–H and O–H groups in total. The molecule has 0 fully saturated rings. The highest BCUT2D eigenvalue weighted by Crippen LogP contribution is 2.17. The van der Waals surface area contributed by atoms with Crippen LogP contribution in [0.4, 0.5) is 0 Å². The van der Waals surface area contributed by atoms with Gasteiger partial charge in [0, 0.05) is 12.8 Å². The number of hydrogen-bond donors (Lipinski definition) is 3. The maximum atomic E-state index is 12.5. The summed E-state index contributed by atoms with van der Waals surface area (Å²) >= 11 is 0. The van der Waals surface area contributed by atoms with Crippen LogP contribution in [0.5, 0.6) is 0 Å². The van der Waals surface area contributed by atoms with Gasteiger partial charge in [-0.15, -0.1) is 0 Å². The molecule has 422 valence electrons. The lowest BCUT2D eigenvalue weighted by Gasteiger charge is -2.20. The minimum absolute atomic E-state index is 0.00121. The summed E-state index contributed by atoms with van der Waals surface area (Å²) < 4.78 is 5.46. The first-order chi connectivity index (χ1) is 35.5. The molecule has 2 atom stereocenters. The molecule has 0 aromatic carbocycles. The minimum Gasteiger partial charge on any atom is -0.466 e. The molecule has 1 amide bonds. The molecular formula is C66H123NO5. The molecule has 0 radical (unpaired) electrons. The lowest BCUT2D eigenvalue weighted by molar-refractivity contribution is -0.143. The van der Waals surface area contributed by atoms with E-state index >= 15 is 0 Å². The molecule has 2 unspecified atom stereocenters. The van der Waals surface area contributed by atoms with Crippen molar-refractivity contribution in [3.63, 3.8) is 0 Å². The Hall–Kier alpha value is -2.18. The Morgan fingerprint density at radius 2 is 0.694 bits per heavy atom. The molecule has 0 saturated carbocycles. The fraction of sp³-hybridized carbons (Fsp3) is 0.848. The van der Waals surface area contributed by atoms with Gasteiger partial charge < -0.3 is 20.3 Å². The van der Waals surface area contributed by atoms with Crippen molar-refractivity contribution in [2.24, 2.45) is 0 Å². The largest absolute Gasteiger partial charge is 0.466 e. The number of carbonyl (C=O) groups excluding carboxylic acids is 2. The molecule has 72 heavy (non-hydrogen) atoms. The van der Waals surface area contributed by atoms with Gasteiger partial charge in [0.05, 0.1) is 25.4 Å². The molecule has 0 bridgehead atoms. The summed E-state index contributed by atoms with van der Waals surface area (Å²) in [6.45, 7) is 4.88. The second-order valence-corrected chi connectivity index (χ2v) is 21.7. The quantitative estimate of drug-likeness (QED) is 0.0320. The van der Waals surface area contributed by atoms with Crippen molar-refractivity contribution < 1.29 is 24.5 Å². The van der Waals surface area contributed by atoms with Gasteiger partial charge in [-0.3, -0.25) is 9.59 Å². The summed E-state index contributed by atoms with van der Waals surface area (Å²) in [5.74, 6) is -0.0673. The van der Waals surface area contributed by atoms with Crippen LogP contribution in [-0.2, 0) is 14.3 Å². The highest BCUT2D eigenvalue weighted by Gasteiger charge is 2.18. The van der Waals surface area contributed by atoms with E-state index in [1.165, 1.54) is 257 Å². The number of aliphatic hydroxyl groups is 2. The van der Waals surface area contributed by atoms with Crippen molar-refractivity contribution in [1.82, 2.24) is 5.32 Å². The zero-order chi connectivity index (χ0) is 52.2. The first-order valence-electron chi connectivity index (χ1n) is 31.9. The van der Waals surface area contributed by atoms with Gasteiger partial charge in [0.1, 0.15) is 0 Å². The van der Waals surface area contributed by atoms with E-state index in [-0.39, 0.29) is 18.5 Å². The zero-order valence-electron chi connectivity index (χ0n) is 48.2. The van der Waals surface area contributed by atoms with E-state index in [4.69, 9.17) is 4.74 Å². The molecule has 0 aromatic heterocycles. The summed E-state index contributed by atoms with van der Waals surface area (Å²) in [6.07, 6.45) is 78.8. The van der Waals surface area contributed by atoms with Crippen LogP contribution in [0.1, 0.15) is 335 Å². The van der Waals surface area contributed by atoms with Gasteiger partial charge in [0.15, 0.2) is 0 Å². The van der Waals surface area contributed by atoms with E-state index in [1.54, 1.807) is 6.08 Å². The highest BCUT2D eigenvalue weighted by molar-refractivity contribution is 5.76. The Morgan fingerprint density at radius 3 is 1.10 bits per heavy atom. The number of rotatable bonds is 59. The predicted octanol–water partition coefficient (Wildman–Crippen LogP) is 20.1. The van der Waals surface area contributed by atoms with Crippen molar-refractivity contribution in [2.45, 2.75) is 347 Å². The topological polar surface area (TPSA) is 95.9 Å². The summed E-state index contributed by atoms with van der Waals surface area (Å²) in [6, 6.07) is -0.629. The highest BCUT2D eigenvalue weighted by atomic mass is 16.5. The van der Waals surface area contributed by atoms with E-state index in [1.807, 2.05) is 6.08 Å². The number of nitrogens with one attached hydrogen (secondary N) is 1. The van der Waals surface area contributed by atoms with Crippen molar-refractivity contribution in [3.05, 3.63) is 48.6 Å². The van der Waals surface area contributed by atoms with Crippen LogP contribution in [0.15, 0.2) is 48.6 Å². The smallest absolute Gasteiger partial charge is 0.305 e. The molecule has 6 nitrogen and oxygen atoms in total. The number of esters is 1. The molecule has 0 spiro atoms. The lowest BCUT2D eigenvalue weighted by atomic mass is 10.0. The summed E-state index contributed by atoms with van der Waals surface area (Å²) in [4.78, 5) is 24.5. The molecule has 0 aromatic rings. The Labute approximate surface area is 448 Å². The molecule has 0 aliphatic carbocycles. The number of hydrogen-bond acceptors (Lipinski definition) is 5. The SMILES string of the molecule is CCCCC/C=C\CCCCCCCC(=O)OCCCCCCCCCCC/C=C\C/C=C\CCCCCCCCCCCCCCCC(=O)NC(CO)C(O)/C=C/CCCCCCCCCCCCCC. The van der Waals surface area contributed by atoms with Crippen LogP contribution in [0.2, 0.25) is 0 Å². The number of unbranched alkanes of at least 4 members (excludes halogenated alkanes) is 42. The Balaban J connectivity index is 3.43. The molecular weight excluding hydrogens is 887 g/mol. The number of aliphatic hydroxyl groups excluding tert-OH is 2. The van der Waals surface area contributed by atoms with Gasteiger partial charge in [0.2, 0.25) is 5.91 Å². The van der Waals surface area contributed by atoms with E-state index in [0.717, 1.165) is 51.4 Å². The summed E-state index contributed by atoms with van der Waals surface area (Å²) in [5.41, 5.74) is 0. The first kappa shape index (κ1) is 69.8. The second kappa shape index (κ2) is 61.4. The fourth-order valence-corrected chi connectivity index (χ4v) is 9.66. The van der Waals surface area contributed by atoms with Gasteiger partial charge in [-0.05, 0) is 89.9 Å². The van der Waals surface area contributed by atoms with Gasteiger partial charge in [-0.25, -0.2) is 0 Å². The summed E-state index contributed by atoms with van der Waals surface area (Å²) in [5, 5.41) is 23.1. The molecule has 0 saturated heterocycles. The maximum Gasteiger partial charge on any atom is 0.305 e. The number of ether oxygens (including phenoxy) is 1. The average Bonchev–Trinajstić information content (AvgIpc) is 3.38. The Bertz CT molecular complexity index is 1210. The number of allylic oxidation sites excluding steroid dienone is 7. The van der Waals surface area contributed by atoms with E-state index in [9.17, 15) is 19.8 Å². The molecule has 0 heterocycles. The third-order valence-electron chi connectivity index (χ3n) is 14.6. The number of amides is 1. The average molecular weight is 1010 g/mol. The van der Waals surface area contributed by atoms with Crippen LogP contribution >= 0.6 is 0 Å². The molecule has 6 heteroatoms. The molecule has 0 aliphatic heterocycles. The van der Waals surface area contributed by atoms with Crippen LogP contribution in [0.3, 0.4) is 0 Å². The Kier molecular flexibility index (Phi) is 59.5. The predicted molar refractivity (Wildman–Crippen MR) is 315 cm³/mol. The van der Waals surface area contributed by atoms with Crippen LogP contribution in [0.25, 0.3) is 0 Å². The lowest BCUT2D eigenvalue weighted by Crippen LogP contribution is -2.45. The maximum absolute atomic E-state index is 12.5. The Morgan fingerprint density at radius 1 is 0.389 bits per heavy atom. The third-order valence-corrected chi connectivity index (χ3v) is 14.6. The standard InChI is InChI=1S/C66H123NO5/c1-3-5-7-9-11-13-15-17-35-38-42-46-50-54-58-64(69)63(62-68)67-65(70)59-55-51-47-43-39-36-33-31-29-27-25-23-21-19-18-20-22-24-26-28-30-32-34-37-41-45-49-53-57-61-72-66(71)60-56-52-48-44-40-16-14-12-10-8-6-4-2/h12,14,18,20,24,26,54,58,63-64,68-69H,3-11,13,15-17,19,21-23,25,27-53,55-57,59-62H2,1-2H3,(H,67,70)/b14-12-,20-18-,26-24-,58-54+. The number of carbonyl (C=O) groups is 2. The van der Waals surface area contributed by atoms with Gasteiger partial charge >= 0.3 is 5.97 Å². The summed E-state index contributed by atoms with van der Waals surface area (Å²) in [7, 11) is 0. The van der Waals surface area contributed by atoms with Gasteiger partial charge in [-0.2, -0.15) is 0 Å². The molecule has 0 aliphatic rings. The normalized spacial score (nSPS) is 12.9. The van der Waals surface area contributed by atoms with Gasteiger partial charge in [0.25, 0.3) is 0 Å². The molecule has 0 rings (SSSR count). The van der Waals surface area contributed by atoms with Gasteiger partial charge in [-0.1, -0.05) is 281 Å². The van der Waals surface area contributed by atoms with Crippen LogP contribution in [-0.4, -0.2) is 47.4 Å². The van der Waals surface area contributed by atoms with E-state index < -0.39 is 12.1 Å². The van der Waals surface area contributed by atoms with Crippen molar-refractivity contribution in [1.29, 1.82) is 0 Å². The van der Waals surface area contributed by atoms with E-state index in [2.05, 4.69) is 55.6 Å². The fourth-order valence-electron chi connectivity index (χ4n) is 9.66. The van der Waals surface area contributed by atoms with Crippen molar-refractivity contribution in [2.75, 3.05) is 13.2 Å². The minimum atomic E-state index is -0.845. The van der Waals surface area contributed by atoms with Crippen LogP contribution < -0.4 is 5.32 Å². The van der Waals surface area contributed by atoms with Crippen molar-refractivity contribution in [3.8, 4) is 0 Å². The van der Waals surface area contributed by atoms with E-state index in [0.29, 0.717) is 19.4 Å². The van der Waals surface area contributed by atoms with Crippen molar-refractivity contribution >= 4 is 11.9 Å². The third kappa shape index (κ3) is 57.1. The monoisotopic (exact) mass is 1010 g/mol.